The Morgan fingerprint density at radius 2 is 2.47 bits per heavy atom. The molecule has 2 aliphatic rings. The molecule has 0 aliphatic carbocycles. The van der Waals surface area contributed by atoms with Crippen LogP contribution >= 0.6 is 15.9 Å². The molecule has 0 aromatic carbocycles. The van der Waals surface area contributed by atoms with Gasteiger partial charge < -0.3 is 4.90 Å². The molecule has 0 saturated carbocycles. The topological polar surface area (TPSA) is 16.1 Å². The molecule has 2 bridgehead atoms. The zero-order chi connectivity index (χ0) is 10.3. The molecule has 78 valence electrons. The van der Waals surface area contributed by atoms with Crippen molar-refractivity contribution < 1.29 is 0 Å². The molecule has 3 heterocycles. The quantitative estimate of drug-likeness (QED) is 0.776. The summed E-state index contributed by atoms with van der Waals surface area (Å²) in [6.45, 7) is 2.50. The number of rotatable bonds is 1. The van der Waals surface area contributed by atoms with E-state index in [1.165, 1.54) is 31.6 Å². The van der Waals surface area contributed by atoms with Crippen LogP contribution in [0, 0.1) is 5.92 Å². The molecule has 0 spiro atoms. The number of allylic oxidation sites excluding steroid dienone is 1. The van der Waals surface area contributed by atoms with Gasteiger partial charge in [0.2, 0.25) is 0 Å². The van der Waals surface area contributed by atoms with Crippen LogP contribution < -0.4 is 0 Å². The highest BCUT2D eigenvalue weighted by Crippen LogP contribution is 2.36. The maximum atomic E-state index is 4.38. The first-order valence-corrected chi connectivity index (χ1v) is 6.18. The van der Waals surface area contributed by atoms with E-state index in [4.69, 9.17) is 0 Å². The molecule has 3 rings (SSSR count). The van der Waals surface area contributed by atoms with Crippen LogP contribution in [0.25, 0.3) is 6.08 Å². The summed E-state index contributed by atoms with van der Waals surface area (Å²) in [6.07, 6.45) is 6.69. The van der Waals surface area contributed by atoms with Crippen molar-refractivity contribution in [3.05, 3.63) is 34.2 Å². The van der Waals surface area contributed by atoms with Crippen molar-refractivity contribution in [1.29, 1.82) is 0 Å². The number of piperidine rings is 1. The van der Waals surface area contributed by atoms with Crippen LogP contribution in [0.4, 0.5) is 0 Å². The molecule has 0 radical (unpaired) electrons. The Morgan fingerprint density at radius 1 is 1.53 bits per heavy atom. The lowest BCUT2D eigenvalue weighted by Gasteiger charge is -2.18. The lowest BCUT2D eigenvalue weighted by atomic mass is 10.0. The average Bonchev–Trinajstić information content (AvgIpc) is 2.83. The van der Waals surface area contributed by atoms with Crippen molar-refractivity contribution in [1.82, 2.24) is 9.88 Å². The predicted molar refractivity (Wildman–Crippen MR) is 64.2 cm³/mol. The van der Waals surface area contributed by atoms with Crippen LogP contribution in [0.3, 0.4) is 0 Å². The van der Waals surface area contributed by atoms with Gasteiger partial charge in [0.1, 0.15) is 0 Å². The summed E-state index contributed by atoms with van der Waals surface area (Å²) >= 11 is 3.53. The van der Waals surface area contributed by atoms with Gasteiger partial charge in [0.05, 0.1) is 5.69 Å². The first-order valence-electron chi connectivity index (χ1n) is 5.39. The third-order valence-electron chi connectivity index (χ3n) is 3.28. The van der Waals surface area contributed by atoms with E-state index in [-0.39, 0.29) is 0 Å². The summed E-state index contributed by atoms with van der Waals surface area (Å²) in [5.41, 5.74) is 2.52. The summed E-state index contributed by atoms with van der Waals surface area (Å²) in [4.78, 5) is 6.87. The monoisotopic (exact) mass is 264 g/mol. The largest absolute Gasteiger partial charge is 0.374 e. The van der Waals surface area contributed by atoms with Crippen LogP contribution in [0.15, 0.2) is 28.5 Å². The van der Waals surface area contributed by atoms with Crippen LogP contribution in [0.5, 0.6) is 0 Å². The van der Waals surface area contributed by atoms with Gasteiger partial charge in [0, 0.05) is 29.5 Å². The molecule has 2 fully saturated rings. The molecule has 2 saturated heterocycles. The number of hydrogen-bond donors (Lipinski definition) is 0. The van der Waals surface area contributed by atoms with Gasteiger partial charge in [-0.3, -0.25) is 4.98 Å². The number of hydrogen-bond acceptors (Lipinski definition) is 2. The predicted octanol–water partition coefficient (Wildman–Crippen LogP) is 2.91. The summed E-state index contributed by atoms with van der Waals surface area (Å²) in [7, 11) is 0. The maximum Gasteiger partial charge on any atom is 0.0788 e. The molecule has 1 atom stereocenters. The normalized spacial score (nSPS) is 26.6. The number of nitrogens with zero attached hydrogens (tertiary/aromatic N) is 2. The highest BCUT2D eigenvalue weighted by atomic mass is 79.9. The van der Waals surface area contributed by atoms with E-state index < -0.39 is 0 Å². The lowest BCUT2D eigenvalue weighted by molar-refractivity contribution is 0.445. The van der Waals surface area contributed by atoms with Crippen LogP contribution in [-0.4, -0.2) is 23.0 Å². The number of fused-ring (bicyclic) bond motifs is 2. The second-order valence-corrected chi connectivity index (χ2v) is 5.17. The van der Waals surface area contributed by atoms with Gasteiger partial charge in [-0.15, -0.1) is 0 Å². The zero-order valence-corrected chi connectivity index (χ0v) is 10.1. The highest BCUT2D eigenvalue weighted by molar-refractivity contribution is 9.10. The number of pyridine rings is 1. The van der Waals surface area contributed by atoms with Gasteiger partial charge in [0.15, 0.2) is 0 Å². The van der Waals surface area contributed by atoms with Crippen LogP contribution in [-0.2, 0) is 0 Å². The summed E-state index contributed by atoms with van der Waals surface area (Å²) in [5, 5.41) is 0. The molecule has 1 unspecified atom stereocenters. The molecule has 1 aromatic heterocycles. The summed E-state index contributed by atoms with van der Waals surface area (Å²) < 4.78 is 1.08. The van der Waals surface area contributed by atoms with Gasteiger partial charge in [-0.25, -0.2) is 0 Å². The van der Waals surface area contributed by atoms with Gasteiger partial charge in [-0.1, -0.05) is 0 Å². The van der Waals surface area contributed by atoms with Crippen molar-refractivity contribution in [2.75, 3.05) is 13.1 Å². The Morgan fingerprint density at radius 3 is 3.13 bits per heavy atom. The van der Waals surface area contributed by atoms with Crippen molar-refractivity contribution in [2.24, 2.45) is 5.92 Å². The van der Waals surface area contributed by atoms with Gasteiger partial charge in [-0.05, 0) is 52.9 Å². The maximum absolute atomic E-state index is 4.38. The fourth-order valence-corrected chi connectivity index (χ4v) is 2.87. The van der Waals surface area contributed by atoms with E-state index in [0.717, 1.165) is 16.1 Å². The molecule has 3 heteroatoms. The molecule has 1 aromatic rings. The Kier molecular flexibility index (Phi) is 2.28. The molecular weight excluding hydrogens is 252 g/mol. The third-order valence-corrected chi connectivity index (χ3v) is 3.95. The van der Waals surface area contributed by atoms with Crippen molar-refractivity contribution in [3.8, 4) is 0 Å². The minimum atomic E-state index is 0.902. The molecule has 0 amide bonds. The molecule has 15 heavy (non-hydrogen) atoms. The SMILES string of the molecule is Brc1cccnc1/C=C1\CC2CCN1C2. The van der Waals surface area contributed by atoms with Gasteiger partial charge in [-0.2, -0.15) is 0 Å². The Hall–Kier alpha value is -0.830. The zero-order valence-electron chi connectivity index (χ0n) is 8.49. The van der Waals surface area contributed by atoms with Crippen molar-refractivity contribution in [3.63, 3.8) is 0 Å². The Balaban J connectivity index is 1.91. The van der Waals surface area contributed by atoms with Gasteiger partial charge in [0.25, 0.3) is 0 Å². The Bertz CT molecular complexity index is 414. The molecule has 0 N–H and O–H groups in total. The minimum Gasteiger partial charge on any atom is -0.374 e. The number of aromatic nitrogens is 1. The van der Waals surface area contributed by atoms with E-state index in [1.807, 2.05) is 18.3 Å². The minimum absolute atomic E-state index is 0.902. The first kappa shape index (κ1) is 9.40. The second kappa shape index (κ2) is 3.63. The molecule has 2 nitrogen and oxygen atoms in total. The van der Waals surface area contributed by atoms with Crippen molar-refractivity contribution >= 4 is 22.0 Å². The Labute approximate surface area is 98.1 Å². The molecule has 2 aliphatic heterocycles. The second-order valence-electron chi connectivity index (χ2n) is 4.31. The number of halogens is 1. The van der Waals surface area contributed by atoms with E-state index in [0.29, 0.717) is 0 Å². The van der Waals surface area contributed by atoms with E-state index in [2.05, 4.69) is 31.9 Å². The first-order chi connectivity index (χ1) is 7.33. The van der Waals surface area contributed by atoms with Crippen LogP contribution in [0.2, 0.25) is 0 Å². The fourth-order valence-electron chi connectivity index (χ4n) is 2.50. The third kappa shape index (κ3) is 1.69. The van der Waals surface area contributed by atoms with Gasteiger partial charge >= 0.3 is 0 Å². The fraction of sp³-hybridized carbons (Fsp3) is 0.417. The van der Waals surface area contributed by atoms with E-state index >= 15 is 0 Å². The van der Waals surface area contributed by atoms with E-state index in [9.17, 15) is 0 Å². The lowest BCUT2D eigenvalue weighted by Crippen LogP contribution is -2.14. The summed E-state index contributed by atoms with van der Waals surface area (Å²) in [5.74, 6) is 0.902. The molecular formula is C12H13BrN2. The highest BCUT2D eigenvalue weighted by Gasteiger charge is 2.32. The summed E-state index contributed by atoms with van der Waals surface area (Å²) in [6, 6.07) is 4.00. The smallest absolute Gasteiger partial charge is 0.0788 e. The van der Waals surface area contributed by atoms with Crippen LogP contribution in [0.1, 0.15) is 18.5 Å². The average molecular weight is 265 g/mol. The van der Waals surface area contributed by atoms with E-state index in [1.54, 1.807) is 0 Å². The van der Waals surface area contributed by atoms with Crippen molar-refractivity contribution in [2.45, 2.75) is 12.8 Å². The standard InChI is InChI=1S/C12H13BrN2/c13-11-2-1-4-14-12(11)7-10-6-9-3-5-15(10)8-9/h1-2,4,7,9H,3,5-6,8H2/b10-7+.